The van der Waals surface area contributed by atoms with Gasteiger partial charge < -0.3 is 15.2 Å². The summed E-state index contributed by atoms with van der Waals surface area (Å²) >= 11 is 0. The molecular weight excluding hydrogens is 471 g/mol. The van der Waals surface area contributed by atoms with E-state index in [1.165, 1.54) is 24.5 Å². The summed E-state index contributed by atoms with van der Waals surface area (Å²) in [5.74, 6) is 1.22. The lowest BCUT2D eigenvalue weighted by atomic mass is 10.1. The largest absolute Gasteiger partial charge is 0.488 e. The smallest absolute Gasteiger partial charge is 0.419 e. The predicted molar refractivity (Wildman–Crippen MR) is 128 cm³/mol. The van der Waals surface area contributed by atoms with Gasteiger partial charge in [0.25, 0.3) is 0 Å². The first kappa shape index (κ1) is 23.2. The molecule has 0 aliphatic heterocycles. The minimum absolute atomic E-state index is 0.0422. The molecule has 3 aromatic carbocycles. The van der Waals surface area contributed by atoms with Gasteiger partial charge in [-0.15, -0.1) is 0 Å². The van der Waals surface area contributed by atoms with Gasteiger partial charge in [0.15, 0.2) is 5.65 Å². The maximum Gasteiger partial charge on any atom is 0.419 e. The number of hydrogen-bond acceptors (Lipinski definition) is 6. The maximum absolute atomic E-state index is 13.2. The van der Waals surface area contributed by atoms with Crippen LogP contribution < -0.4 is 15.2 Å². The Morgan fingerprint density at radius 3 is 2.47 bits per heavy atom. The van der Waals surface area contributed by atoms with E-state index in [0.717, 1.165) is 11.6 Å². The van der Waals surface area contributed by atoms with Crippen molar-refractivity contribution in [2.24, 2.45) is 7.05 Å². The maximum atomic E-state index is 13.2. The van der Waals surface area contributed by atoms with Gasteiger partial charge in [-0.1, -0.05) is 24.3 Å². The third-order valence-corrected chi connectivity index (χ3v) is 5.50. The molecule has 5 rings (SSSR count). The highest BCUT2D eigenvalue weighted by Crippen LogP contribution is 2.36. The monoisotopic (exact) mass is 491 g/mol. The average Bonchev–Trinajstić information content (AvgIpc) is 3.21. The second-order valence-electron chi connectivity index (χ2n) is 7.99. The zero-order valence-corrected chi connectivity index (χ0v) is 19.0. The van der Waals surface area contributed by atoms with Crippen molar-refractivity contribution in [3.05, 3.63) is 90.3 Å². The molecule has 0 unspecified atom stereocenters. The number of nitrogens with zero attached hydrogens (tertiary/aromatic N) is 4. The second kappa shape index (κ2) is 9.21. The first-order valence-corrected chi connectivity index (χ1v) is 10.9. The number of hydrogen-bond donors (Lipinski definition) is 1. The summed E-state index contributed by atoms with van der Waals surface area (Å²) < 4.78 is 52.6. The molecular formula is C26H20F3N5O2. The average molecular weight is 491 g/mol. The molecule has 36 heavy (non-hydrogen) atoms. The molecule has 7 nitrogen and oxygen atoms in total. The molecule has 2 N–H and O–H groups in total. The van der Waals surface area contributed by atoms with Gasteiger partial charge in [-0.3, -0.25) is 0 Å². The molecule has 0 amide bonds. The van der Waals surface area contributed by atoms with Gasteiger partial charge in [-0.25, -0.2) is 14.6 Å². The zero-order valence-electron chi connectivity index (χ0n) is 19.0. The Kier molecular flexibility index (Phi) is 5.93. The molecule has 0 aliphatic carbocycles. The lowest BCUT2D eigenvalue weighted by Gasteiger charge is -2.14. The lowest BCUT2D eigenvalue weighted by Crippen LogP contribution is -2.08. The summed E-state index contributed by atoms with van der Waals surface area (Å²) in [7, 11) is 1.79. The molecule has 0 atom stereocenters. The van der Waals surface area contributed by atoms with Crippen LogP contribution in [0.15, 0.2) is 79.1 Å². The Labute approximate surface area is 203 Å². The summed E-state index contributed by atoms with van der Waals surface area (Å²) in [6.45, 7) is -0.0422. The number of nitrogens with two attached hydrogens (primary N) is 1. The first-order valence-electron chi connectivity index (χ1n) is 10.9. The van der Waals surface area contributed by atoms with E-state index < -0.39 is 11.7 Å². The van der Waals surface area contributed by atoms with Crippen molar-refractivity contribution in [1.29, 1.82) is 0 Å². The fraction of sp³-hybridized carbons (Fsp3) is 0.115. The number of rotatable bonds is 6. The van der Waals surface area contributed by atoms with Crippen LogP contribution >= 0.6 is 0 Å². The fourth-order valence-corrected chi connectivity index (χ4v) is 3.81. The van der Waals surface area contributed by atoms with Crippen molar-refractivity contribution in [3.63, 3.8) is 0 Å². The van der Waals surface area contributed by atoms with Crippen molar-refractivity contribution in [2.75, 3.05) is 5.73 Å². The molecule has 0 radical (unpaired) electrons. The molecule has 0 saturated carbocycles. The summed E-state index contributed by atoms with van der Waals surface area (Å²) in [6, 6.07) is 19.4. The first-order chi connectivity index (χ1) is 17.3. The minimum Gasteiger partial charge on any atom is -0.488 e. The Bertz CT molecular complexity index is 1530. The van der Waals surface area contributed by atoms with E-state index in [2.05, 4.69) is 15.1 Å². The van der Waals surface area contributed by atoms with Gasteiger partial charge in [-0.05, 0) is 54.1 Å². The van der Waals surface area contributed by atoms with E-state index in [1.807, 2.05) is 12.1 Å². The molecule has 10 heteroatoms. The number of benzene rings is 3. The molecule has 0 bridgehead atoms. The van der Waals surface area contributed by atoms with Gasteiger partial charge in [0.1, 0.15) is 41.7 Å². The van der Waals surface area contributed by atoms with Gasteiger partial charge in [0, 0.05) is 12.6 Å². The van der Waals surface area contributed by atoms with Crippen LogP contribution in [0, 0.1) is 0 Å². The zero-order chi connectivity index (χ0) is 25.3. The number of aromatic nitrogens is 4. The fourth-order valence-electron chi connectivity index (χ4n) is 3.81. The molecule has 0 fully saturated rings. The van der Waals surface area contributed by atoms with Crippen molar-refractivity contribution in [2.45, 2.75) is 12.8 Å². The van der Waals surface area contributed by atoms with Crippen molar-refractivity contribution < 1.29 is 22.6 Å². The number of anilines is 1. The van der Waals surface area contributed by atoms with Crippen molar-refractivity contribution in [1.82, 2.24) is 19.7 Å². The van der Waals surface area contributed by atoms with Crippen LogP contribution in [-0.2, 0) is 19.8 Å². The highest BCUT2D eigenvalue weighted by atomic mass is 19.4. The van der Waals surface area contributed by atoms with Crippen LogP contribution in [-0.4, -0.2) is 19.7 Å². The second-order valence-corrected chi connectivity index (χ2v) is 7.99. The minimum atomic E-state index is -4.49. The summed E-state index contributed by atoms with van der Waals surface area (Å²) in [5.41, 5.74) is 8.02. The number of fused-ring (bicyclic) bond motifs is 1. The number of aryl methyl sites for hydroxylation is 1. The molecule has 5 aromatic rings. The standard InChI is InChI=1S/C26H20F3N5O2/c1-34-25-22(24(30)31-15-32-25)23(33-34)17-9-11-18(12-10-17)36-19-6-4-5-16(13-19)14-35-21-8-3-2-7-20(21)26(27,28)29/h2-13,15H,14H2,1H3,(H2,30,31,32). The van der Waals surface area contributed by atoms with E-state index in [0.29, 0.717) is 39.6 Å². The van der Waals surface area contributed by atoms with Gasteiger partial charge in [0.2, 0.25) is 0 Å². The Balaban J connectivity index is 1.31. The van der Waals surface area contributed by atoms with Crippen LogP contribution in [0.3, 0.4) is 0 Å². The Morgan fingerprint density at radius 1 is 0.917 bits per heavy atom. The van der Waals surface area contributed by atoms with E-state index >= 15 is 0 Å². The number of halogens is 3. The van der Waals surface area contributed by atoms with Gasteiger partial charge in [-0.2, -0.15) is 18.3 Å². The van der Waals surface area contributed by atoms with Crippen LogP contribution in [0.1, 0.15) is 11.1 Å². The molecule has 182 valence electrons. The third-order valence-electron chi connectivity index (χ3n) is 5.50. The lowest BCUT2D eigenvalue weighted by molar-refractivity contribution is -0.139. The normalized spacial score (nSPS) is 11.6. The van der Waals surface area contributed by atoms with E-state index in [4.69, 9.17) is 15.2 Å². The van der Waals surface area contributed by atoms with Gasteiger partial charge in [0.05, 0.1) is 10.9 Å². The molecule has 2 heterocycles. The van der Waals surface area contributed by atoms with E-state index in [-0.39, 0.29) is 12.4 Å². The predicted octanol–water partition coefficient (Wildman–Crippen LogP) is 6.00. The highest BCUT2D eigenvalue weighted by molar-refractivity contribution is 5.98. The quantitative estimate of drug-likeness (QED) is 0.313. The Hall–Kier alpha value is -4.60. The molecule has 0 aliphatic rings. The highest BCUT2D eigenvalue weighted by Gasteiger charge is 2.34. The van der Waals surface area contributed by atoms with Crippen LogP contribution in [0.5, 0.6) is 17.2 Å². The summed E-state index contributed by atoms with van der Waals surface area (Å²) in [4.78, 5) is 8.30. The van der Waals surface area contributed by atoms with E-state index in [1.54, 1.807) is 48.1 Å². The van der Waals surface area contributed by atoms with Crippen molar-refractivity contribution in [3.8, 4) is 28.5 Å². The number of para-hydroxylation sites is 1. The topological polar surface area (TPSA) is 88.1 Å². The number of alkyl halides is 3. The SMILES string of the molecule is Cn1nc(-c2ccc(Oc3cccc(COc4ccccc4C(F)(F)F)c3)cc2)c2c(N)ncnc21. The Morgan fingerprint density at radius 2 is 1.69 bits per heavy atom. The van der Waals surface area contributed by atoms with Crippen molar-refractivity contribution >= 4 is 16.9 Å². The molecule has 0 saturated heterocycles. The van der Waals surface area contributed by atoms with Gasteiger partial charge >= 0.3 is 6.18 Å². The number of nitrogen functional groups attached to an aromatic ring is 1. The summed E-state index contributed by atoms with van der Waals surface area (Å²) in [6.07, 6.45) is -3.09. The van der Waals surface area contributed by atoms with Crippen LogP contribution in [0.25, 0.3) is 22.3 Å². The third kappa shape index (κ3) is 4.65. The van der Waals surface area contributed by atoms with Crippen LogP contribution in [0.4, 0.5) is 19.0 Å². The molecule has 2 aromatic heterocycles. The number of ether oxygens (including phenoxy) is 2. The summed E-state index contributed by atoms with van der Waals surface area (Å²) in [5, 5.41) is 5.20. The van der Waals surface area contributed by atoms with E-state index in [9.17, 15) is 13.2 Å². The molecule has 0 spiro atoms. The van der Waals surface area contributed by atoms with Crippen LogP contribution in [0.2, 0.25) is 0 Å².